The second-order valence-corrected chi connectivity index (χ2v) is 6.51. The summed E-state index contributed by atoms with van der Waals surface area (Å²) in [6.45, 7) is 4.68. The summed E-state index contributed by atoms with van der Waals surface area (Å²) in [5.41, 5.74) is 7.40. The second-order valence-electron chi connectivity index (χ2n) is 5.67. The summed E-state index contributed by atoms with van der Waals surface area (Å²) in [7, 11) is 0. The van der Waals surface area contributed by atoms with E-state index in [2.05, 4.69) is 19.2 Å². The number of anilines is 1. The Labute approximate surface area is 125 Å². The van der Waals surface area contributed by atoms with Gasteiger partial charge in [0, 0.05) is 17.3 Å². The van der Waals surface area contributed by atoms with Gasteiger partial charge in [-0.25, -0.2) is 0 Å². The summed E-state index contributed by atoms with van der Waals surface area (Å²) in [6, 6.07) is 6.35. The Bertz CT molecular complexity index is 475. The van der Waals surface area contributed by atoms with Gasteiger partial charge in [-0.3, -0.25) is 0 Å². The smallest absolute Gasteiger partial charge is 0.105 e. The quantitative estimate of drug-likeness (QED) is 0.821. The van der Waals surface area contributed by atoms with Crippen LogP contribution in [-0.4, -0.2) is 11.0 Å². The summed E-state index contributed by atoms with van der Waals surface area (Å²) in [5, 5.41) is 4.19. The van der Waals surface area contributed by atoms with Gasteiger partial charge in [-0.1, -0.05) is 37.7 Å². The molecule has 1 aliphatic rings. The molecule has 0 spiro atoms. The lowest BCUT2D eigenvalue weighted by Gasteiger charge is -2.33. The summed E-state index contributed by atoms with van der Waals surface area (Å²) < 4.78 is 0. The normalized spacial score (nSPS) is 27.0. The molecule has 1 fully saturated rings. The Balaban J connectivity index is 2.04. The van der Waals surface area contributed by atoms with Gasteiger partial charge in [0.15, 0.2) is 0 Å². The summed E-state index contributed by atoms with van der Waals surface area (Å²) >= 11 is 11.1. The van der Waals surface area contributed by atoms with Gasteiger partial charge < -0.3 is 11.1 Å². The van der Waals surface area contributed by atoms with Gasteiger partial charge in [-0.15, -0.1) is 0 Å². The molecule has 3 atom stereocenters. The topological polar surface area (TPSA) is 38.0 Å². The second kappa shape index (κ2) is 6.10. The standard InChI is InChI=1S/C15H21ClN2S/c1-9-3-4-11(7-10(9)2)18-12-5-6-13(15(17)19)14(16)8-12/h5-6,8-11,18H,3-4,7H2,1-2H3,(H2,17,19). The van der Waals surface area contributed by atoms with E-state index in [9.17, 15) is 0 Å². The molecule has 0 amide bonds. The molecule has 0 bridgehead atoms. The van der Waals surface area contributed by atoms with Crippen LogP contribution in [0.5, 0.6) is 0 Å². The third-order valence-electron chi connectivity index (χ3n) is 4.20. The Morgan fingerprint density at radius 3 is 2.63 bits per heavy atom. The number of hydrogen-bond donors (Lipinski definition) is 2. The van der Waals surface area contributed by atoms with E-state index in [1.54, 1.807) is 0 Å². The van der Waals surface area contributed by atoms with Crippen molar-refractivity contribution in [3.05, 3.63) is 28.8 Å². The van der Waals surface area contributed by atoms with Crippen LogP contribution in [0.3, 0.4) is 0 Å². The highest BCUT2D eigenvalue weighted by Crippen LogP contribution is 2.31. The van der Waals surface area contributed by atoms with Crippen molar-refractivity contribution in [3.8, 4) is 0 Å². The highest BCUT2D eigenvalue weighted by Gasteiger charge is 2.24. The first-order valence-electron chi connectivity index (χ1n) is 6.83. The number of nitrogens with one attached hydrogen (secondary N) is 1. The fourth-order valence-corrected chi connectivity index (χ4v) is 3.24. The zero-order chi connectivity index (χ0) is 14.0. The first-order chi connectivity index (χ1) is 8.97. The van der Waals surface area contributed by atoms with E-state index in [0.29, 0.717) is 16.1 Å². The zero-order valence-electron chi connectivity index (χ0n) is 11.4. The average Bonchev–Trinajstić information content (AvgIpc) is 2.33. The summed E-state index contributed by atoms with van der Waals surface area (Å²) in [5.74, 6) is 1.61. The van der Waals surface area contributed by atoms with E-state index in [4.69, 9.17) is 29.6 Å². The van der Waals surface area contributed by atoms with E-state index < -0.39 is 0 Å². The Morgan fingerprint density at radius 2 is 2.05 bits per heavy atom. The van der Waals surface area contributed by atoms with Crippen molar-refractivity contribution in [1.29, 1.82) is 0 Å². The van der Waals surface area contributed by atoms with Gasteiger partial charge >= 0.3 is 0 Å². The molecule has 0 saturated heterocycles. The fraction of sp³-hybridized carbons (Fsp3) is 0.533. The minimum atomic E-state index is 0.344. The lowest BCUT2D eigenvalue weighted by atomic mass is 9.79. The molecule has 0 aromatic heterocycles. The molecular formula is C15H21ClN2S. The van der Waals surface area contributed by atoms with Crippen molar-refractivity contribution in [3.63, 3.8) is 0 Å². The highest BCUT2D eigenvalue weighted by atomic mass is 35.5. The number of thiocarbonyl (C=S) groups is 1. The van der Waals surface area contributed by atoms with Gasteiger partial charge in [-0.05, 0) is 49.3 Å². The van der Waals surface area contributed by atoms with Crippen LogP contribution in [0.15, 0.2) is 18.2 Å². The molecule has 1 saturated carbocycles. The predicted octanol–water partition coefficient (Wildman–Crippen LogP) is 4.21. The lowest BCUT2D eigenvalue weighted by Crippen LogP contribution is -2.30. The molecular weight excluding hydrogens is 276 g/mol. The fourth-order valence-electron chi connectivity index (χ4n) is 2.72. The number of hydrogen-bond acceptors (Lipinski definition) is 2. The van der Waals surface area contributed by atoms with Crippen molar-refractivity contribution in [1.82, 2.24) is 0 Å². The van der Waals surface area contributed by atoms with Gasteiger partial charge in [0.25, 0.3) is 0 Å². The van der Waals surface area contributed by atoms with Gasteiger partial charge in [0.1, 0.15) is 4.99 Å². The van der Waals surface area contributed by atoms with E-state index >= 15 is 0 Å². The number of benzene rings is 1. The average molecular weight is 297 g/mol. The number of rotatable bonds is 3. The van der Waals surface area contributed by atoms with E-state index in [0.717, 1.165) is 23.1 Å². The largest absolute Gasteiger partial charge is 0.389 e. The van der Waals surface area contributed by atoms with E-state index in [-0.39, 0.29) is 0 Å². The molecule has 2 nitrogen and oxygen atoms in total. The van der Waals surface area contributed by atoms with Crippen molar-refractivity contribution < 1.29 is 0 Å². The van der Waals surface area contributed by atoms with Crippen LogP contribution in [0.4, 0.5) is 5.69 Å². The van der Waals surface area contributed by atoms with Crippen LogP contribution < -0.4 is 11.1 Å². The third-order valence-corrected chi connectivity index (χ3v) is 4.74. The molecule has 104 valence electrons. The van der Waals surface area contributed by atoms with Gasteiger partial charge in [0.05, 0.1) is 5.02 Å². The molecule has 3 unspecified atom stereocenters. The van der Waals surface area contributed by atoms with Crippen molar-refractivity contribution in [2.75, 3.05) is 5.32 Å². The molecule has 1 aromatic carbocycles. The molecule has 0 aliphatic heterocycles. The van der Waals surface area contributed by atoms with E-state index in [1.165, 1.54) is 19.3 Å². The van der Waals surface area contributed by atoms with E-state index in [1.807, 2.05) is 18.2 Å². The highest BCUT2D eigenvalue weighted by molar-refractivity contribution is 7.80. The van der Waals surface area contributed by atoms with Crippen LogP contribution in [0.1, 0.15) is 38.7 Å². The Morgan fingerprint density at radius 1 is 1.32 bits per heavy atom. The maximum Gasteiger partial charge on any atom is 0.105 e. The number of nitrogens with two attached hydrogens (primary N) is 1. The minimum absolute atomic E-state index is 0.344. The molecule has 19 heavy (non-hydrogen) atoms. The van der Waals surface area contributed by atoms with Crippen LogP contribution >= 0.6 is 23.8 Å². The van der Waals surface area contributed by atoms with Gasteiger partial charge in [0.2, 0.25) is 0 Å². The Hall–Kier alpha value is -0.800. The Kier molecular flexibility index (Phi) is 4.69. The van der Waals surface area contributed by atoms with Crippen molar-refractivity contribution in [2.24, 2.45) is 17.6 Å². The summed E-state index contributed by atoms with van der Waals surface area (Å²) in [6.07, 6.45) is 3.73. The first-order valence-corrected chi connectivity index (χ1v) is 7.62. The first kappa shape index (κ1) is 14.6. The zero-order valence-corrected chi connectivity index (χ0v) is 13.0. The molecule has 4 heteroatoms. The van der Waals surface area contributed by atoms with Crippen molar-refractivity contribution >= 4 is 34.5 Å². The minimum Gasteiger partial charge on any atom is -0.389 e. The SMILES string of the molecule is CC1CCC(Nc2ccc(C(N)=S)c(Cl)c2)CC1C. The maximum absolute atomic E-state index is 6.19. The van der Waals surface area contributed by atoms with Crippen LogP contribution in [-0.2, 0) is 0 Å². The molecule has 0 heterocycles. The van der Waals surface area contributed by atoms with Crippen LogP contribution in [0.25, 0.3) is 0 Å². The molecule has 1 aromatic rings. The van der Waals surface area contributed by atoms with Crippen LogP contribution in [0, 0.1) is 11.8 Å². The van der Waals surface area contributed by atoms with Crippen molar-refractivity contribution in [2.45, 2.75) is 39.2 Å². The lowest BCUT2D eigenvalue weighted by molar-refractivity contribution is 0.261. The maximum atomic E-state index is 6.19. The number of halogens is 1. The molecule has 0 radical (unpaired) electrons. The monoisotopic (exact) mass is 296 g/mol. The molecule has 1 aliphatic carbocycles. The molecule has 3 N–H and O–H groups in total. The third kappa shape index (κ3) is 3.61. The summed E-state index contributed by atoms with van der Waals surface area (Å²) in [4.78, 5) is 0.344. The predicted molar refractivity (Wildman–Crippen MR) is 86.9 cm³/mol. The van der Waals surface area contributed by atoms with Gasteiger partial charge in [-0.2, -0.15) is 0 Å². The van der Waals surface area contributed by atoms with Crippen LogP contribution in [0.2, 0.25) is 5.02 Å². The molecule has 2 rings (SSSR count).